The summed E-state index contributed by atoms with van der Waals surface area (Å²) in [4.78, 5) is 10.6. The molecule has 0 spiro atoms. The molecule has 0 bridgehead atoms. The van der Waals surface area contributed by atoms with Crippen molar-refractivity contribution in [3.8, 4) is 11.8 Å². The van der Waals surface area contributed by atoms with Crippen LogP contribution in [0.5, 0.6) is 0 Å². The van der Waals surface area contributed by atoms with E-state index in [2.05, 4.69) is 11.8 Å². The average molecular weight is 257 g/mol. The van der Waals surface area contributed by atoms with Crippen LogP contribution in [0, 0.1) is 17.7 Å². The fourth-order valence-corrected chi connectivity index (χ4v) is 1.59. The van der Waals surface area contributed by atoms with Gasteiger partial charge in [0.1, 0.15) is 5.82 Å². The molecule has 0 amide bonds. The van der Waals surface area contributed by atoms with Gasteiger partial charge in [0.25, 0.3) is 0 Å². The van der Waals surface area contributed by atoms with Gasteiger partial charge in [-0.15, -0.1) is 0 Å². The summed E-state index contributed by atoms with van der Waals surface area (Å²) in [7, 11) is 0. The topological polar surface area (TPSA) is 17.1 Å². The number of hydrogen-bond donors (Lipinski definition) is 0. The maximum absolute atomic E-state index is 13.0. The molecule has 0 N–H and O–H groups in total. The Morgan fingerprint density at radius 2 is 2.31 bits per heavy atom. The van der Waals surface area contributed by atoms with Crippen molar-refractivity contribution in [1.82, 2.24) is 0 Å². The van der Waals surface area contributed by atoms with E-state index in [1.54, 1.807) is 6.07 Å². The Bertz CT molecular complexity index is 448. The van der Waals surface area contributed by atoms with Crippen molar-refractivity contribution in [1.29, 1.82) is 0 Å². The first-order valence-corrected chi connectivity index (χ1v) is 6.03. The van der Waals surface area contributed by atoms with E-state index in [9.17, 15) is 9.18 Å². The fraction of sp³-hybridized carbons (Fsp3) is 0.250. The second kappa shape index (κ2) is 6.57. The lowest BCUT2D eigenvalue weighted by atomic mass is 10.2. The molecule has 0 unspecified atom stereocenters. The van der Waals surface area contributed by atoms with E-state index >= 15 is 0 Å². The van der Waals surface area contributed by atoms with E-state index in [0.29, 0.717) is 17.7 Å². The van der Waals surface area contributed by atoms with Crippen molar-refractivity contribution in [2.75, 3.05) is 5.75 Å². The number of hydrogen-bond acceptors (Lipinski definition) is 2. The van der Waals surface area contributed by atoms with Crippen molar-refractivity contribution in [2.45, 2.75) is 13.3 Å². The molecule has 0 heterocycles. The van der Waals surface area contributed by atoms with Gasteiger partial charge in [0.15, 0.2) is 5.12 Å². The quantitative estimate of drug-likeness (QED) is 0.595. The number of carbonyl (C=O) groups excluding carboxylic acids is 1. The summed E-state index contributed by atoms with van der Waals surface area (Å²) >= 11 is 6.77. The number of halogens is 2. The van der Waals surface area contributed by atoms with Crippen LogP contribution in [-0.4, -0.2) is 10.9 Å². The molecule has 0 aromatic heterocycles. The summed E-state index contributed by atoms with van der Waals surface area (Å²) < 4.78 is 13.0. The maximum atomic E-state index is 13.0. The van der Waals surface area contributed by atoms with Gasteiger partial charge in [0.2, 0.25) is 0 Å². The molecule has 16 heavy (non-hydrogen) atoms. The summed E-state index contributed by atoms with van der Waals surface area (Å²) in [6.07, 6.45) is 0.606. The second-order valence-corrected chi connectivity index (χ2v) is 4.70. The molecule has 0 atom stereocenters. The third-order valence-corrected chi connectivity index (χ3v) is 2.81. The van der Waals surface area contributed by atoms with Crippen LogP contribution >= 0.6 is 23.4 Å². The predicted octanol–water partition coefficient (Wildman–Crippen LogP) is 3.50. The van der Waals surface area contributed by atoms with Gasteiger partial charge in [0.05, 0.1) is 5.02 Å². The van der Waals surface area contributed by atoms with Gasteiger partial charge in [-0.2, -0.15) is 0 Å². The van der Waals surface area contributed by atoms with Gasteiger partial charge < -0.3 is 0 Å². The van der Waals surface area contributed by atoms with Crippen molar-refractivity contribution < 1.29 is 9.18 Å². The largest absolute Gasteiger partial charge is 0.288 e. The molecule has 0 saturated carbocycles. The molecule has 0 saturated heterocycles. The Morgan fingerprint density at radius 1 is 1.56 bits per heavy atom. The van der Waals surface area contributed by atoms with E-state index < -0.39 is 5.82 Å². The van der Waals surface area contributed by atoms with Crippen LogP contribution in [0.25, 0.3) is 0 Å². The molecule has 0 radical (unpaired) electrons. The van der Waals surface area contributed by atoms with Gasteiger partial charge in [-0.3, -0.25) is 4.79 Å². The highest BCUT2D eigenvalue weighted by Crippen LogP contribution is 2.14. The van der Waals surface area contributed by atoms with Crippen molar-refractivity contribution in [3.63, 3.8) is 0 Å². The van der Waals surface area contributed by atoms with Gasteiger partial charge in [-0.25, -0.2) is 4.39 Å². The third-order valence-electron chi connectivity index (χ3n) is 1.68. The average Bonchev–Trinajstić information content (AvgIpc) is 2.22. The molecule has 4 heteroatoms. The Morgan fingerprint density at radius 3 is 2.94 bits per heavy atom. The van der Waals surface area contributed by atoms with Gasteiger partial charge in [-0.1, -0.05) is 35.2 Å². The standard InChI is InChI=1S/C12H10ClFOS/c1-9(15)16-7-3-2-4-10-5-6-11(13)12(14)8-10/h5-6,8H,3,7H2,1H3. The monoisotopic (exact) mass is 256 g/mol. The zero-order chi connectivity index (χ0) is 12.0. The van der Waals surface area contributed by atoms with Crippen LogP contribution in [0.4, 0.5) is 4.39 Å². The number of carbonyl (C=O) groups is 1. The minimum atomic E-state index is -0.466. The van der Waals surface area contributed by atoms with E-state index in [0.717, 1.165) is 0 Å². The molecule has 1 aromatic rings. The third kappa shape index (κ3) is 4.69. The molecule has 84 valence electrons. The van der Waals surface area contributed by atoms with Crippen LogP contribution in [-0.2, 0) is 4.79 Å². The molecule has 0 fully saturated rings. The molecule has 1 rings (SSSR count). The minimum Gasteiger partial charge on any atom is -0.288 e. The van der Waals surface area contributed by atoms with Gasteiger partial charge in [0, 0.05) is 24.7 Å². The lowest BCUT2D eigenvalue weighted by molar-refractivity contribution is -0.109. The normalized spacial score (nSPS) is 9.44. The molecule has 0 aliphatic carbocycles. The van der Waals surface area contributed by atoms with E-state index in [-0.39, 0.29) is 10.1 Å². The number of benzene rings is 1. The summed E-state index contributed by atoms with van der Waals surface area (Å²) in [5, 5.41) is 0.178. The molecule has 1 nitrogen and oxygen atoms in total. The van der Waals surface area contributed by atoms with E-state index in [1.807, 2.05) is 0 Å². The smallest absolute Gasteiger partial charge is 0.185 e. The Kier molecular flexibility index (Phi) is 5.37. The Labute approximate surface area is 103 Å². The molecule has 0 aliphatic rings. The maximum Gasteiger partial charge on any atom is 0.185 e. The van der Waals surface area contributed by atoms with Crippen LogP contribution in [0.2, 0.25) is 5.02 Å². The first kappa shape index (κ1) is 13.1. The van der Waals surface area contributed by atoms with E-state index in [4.69, 9.17) is 11.6 Å². The molecule has 0 aliphatic heterocycles. The first-order chi connectivity index (χ1) is 7.59. The van der Waals surface area contributed by atoms with E-state index in [1.165, 1.54) is 30.8 Å². The van der Waals surface area contributed by atoms with Crippen molar-refractivity contribution >= 4 is 28.5 Å². The van der Waals surface area contributed by atoms with Crippen LogP contribution < -0.4 is 0 Å². The SMILES string of the molecule is CC(=O)SCCC#Cc1ccc(Cl)c(F)c1. The van der Waals surface area contributed by atoms with Crippen molar-refractivity contribution in [2.24, 2.45) is 0 Å². The van der Waals surface area contributed by atoms with Crippen LogP contribution in [0.3, 0.4) is 0 Å². The fourth-order valence-electron chi connectivity index (χ4n) is 0.984. The summed E-state index contributed by atoms with van der Waals surface area (Å²) in [5.74, 6) is 5.88. The zero-order valence-electron chi connectivity index (χ0n) is 8.72. The van der Waals surface area contributed by atoms with Gasteiger partial charge >= 0.3 is 0 Å². The highest BCUT2D eigenvalue weighted by atomic mass is 35.5. The summed E-state index contributed by atoms with van der Waals surface area (Å²) in [5.41, 5.74) is 0.592. The van der Waals surface area contributed by atoms with Crippen molar-refractivity contribution in [3.05, 3.63) is 34.6 Å². The summed E-state index contributed by atoms with van der Waals surface area (Å²) in [6, 6.07) is 4.44. The first-order valence-electron chi connectivity index (χ1n) is 4.67. The molecular weight excluding hydrogens is 247 g/mol. The van der Waals surface area contributed by atoms with Crippen LogP contribution in [0.15, 0.2) is 18.2 Å². The zero-order valence-corrected chi connectivity index (χ0v) is 10.3. The molecule has 1 aromatic carbocycles. The predicted molar refractivity (Wildman–Crippen MR) is 66.0 cm³/mol. The summed E-state index contributed by atoms with van der Waals surface area (Å²) in [6.45, 7) is 1.52. The molecular formula is C12H10ClFOS. The van der Waals surface area contributed by atoms with Crippen LogP contribution in [0.1, 0.15) is 18.9 Å². The second-order valence-electron chi connectivity index (χ2n) is 3.02. The minimum absolute atomic E-state index is 0.0827. The Balaban J connectivity index is 2.50. The highest BCUT2D eigenvalue weighted by Gasteiger charge is 1.98. The number of rotatable bonds is 2. The van der Waals surface area contributed by atoms with Gasteiger partial charge in [-0.05, 0) is 18.2 Å². The highest BCUT2D eigenvalue weighted by molar-refractivity contribution is 8.13. The number of thioether (sulfide) groups is 1. The Hall–Kier alpha value is -0.980. The lowest BCUT2D eigenvalue weighted by Gasteiger charge is -1.94. The lowest BCUT2D eigenvalue weighted by Crippen LogP contribution is -1.84.